The van der Waals surface area contributed by atoms with Crippen LogP contribution in [0.25, 0.3) is 10.6 Å². The number of aromatic nitrogens is 3. The Bertz CT molecular complexity index is 2900. The predicted octanol–water partition coefficient (Wildman–Crippen LogP) is 8.27. The number of thiophene rings is 1. The van der Waals surface area contributed by atoms with Crippen molar-refractivity contribution in [1.82, 2.24) is 25.0 Å². The summed E-state index contributed by atoms with van der Waals surface area (Å²) < 4.78 is 19.4. The van der Waals surface area contributed by atoms with Gasteiger partial charge < -0.3 is 34.9 Å². The molecular weight excluding hydrogens is 957 g/mol. The monoisotopic (exact) mass is 1020 g/mol. The van der Waals surface area contributed by atoms with Crippen LogP contribution in [0, 0.1) is 26.2 Å². The van der Waals surface area contributed by atoms with E-state index in [4.69, 9.17) is 19.2 Å². The molecule has 0 bridgehead atoms. The van der Waals surface area contributed by atoms with E-state index in [2.05, 4.69) is 51.8 Å². The molecule has 0 spiro atoms. The highest BCUT2D eigenvalue weighted by Crippen LogP contribution is 2.40. The maximum absolute atomic E-state index is 14.0. The second-order valence-electron chi connectivity index (χ2n) is 20.3. The Balaban J connectivity index is 0.718. The molecule has 8 rings (SSSR count). The standard InChI is InChI=1S/C57H68N8O8S/c1-35-37(3)74-56-51(35)52(41-13-9-8-10-14-41)60-46(54-63-62-38(4)65(54)56)32-49(68)59-42-20-22-44(23-21-42)73-30-12-28-71-27-11-29-72-34-50(69)61-53(57(5,6)7)55(70)64-33-43(66)31-47(64)48(67)24-17-39-15-18-40(19-16-39)45-25-26-58-36(45)2/h8-10,13-16,18-23,26,43,46-47,53,66H,11-12,17,24-25,27-34H2,1-7H3,(H,59,68)(H,61,69)/t43?,46?,47-,53+/m0/s1. The highest BCUT2D eigenvalue weighted by molar-refractivity contribution is 7.15. The number of ketones is 1. The summed E-state index contributed by atoms with van der Waals surface area (Å²) >= 11 is 1.68. The number of carbonyl (C=O) groups is 4. The van der Waals surface area contributed by atoms with Gasteiger partial charge in [-0.2, -0.15) is 0 Å². The zero-order valence-corrected chi connectivity index (χ0v) is 44.3. The van der Waals surface area contributed by atoms with Crippen molar-refractivity contribution < 1.29 is 38.5 Å². The number of likely N-dealkylation sites (tertiary alicyclic amines) is 1. The van der Waals surface area contributed by atoms with Gasteiger partial charge in [0.2, 0.25) is 17.7 Å². The number of aliphatic hydroxyl groups excluding tert-OH is 1. The van der Waals surface area contributed by atoms with Crippen molar-refractivity contribution >= 4 is 58.0 Å². The molecule has 2 unspecified atom stereocenters. The molecule has 17 heteroatoms. The van der Waals surface area contributed by atoms with E-state index >= 15 is 0 Å². The van der Waals surface area contributed by atoms with Gasteiger partial charge in [0.15, 0.2) is 11.6 Å². The number of hydrogen-bond acceptors (Lipinski definition) is 13. The first-order valence-corrected chi connectivity index (χ1v) is 26.3. The number of rotatable bonds is 22. The number of nitrogens with zero attached hydrogens (tertiary/aromatic N) is 6. The van der Waals surface area contributed by atoms with Crippen LogP contribution >= 0.6 is 11.3 Å². The van der Waals surface area contributed by atoms with Crippen LogP contribution in [0.15, 0.2) is 94.5 Å². The van der Waals surface area contributed by atoms with Gasteiger partial charge in [0.05, 0.1) is 30.9 Å². The summed E-state index contributed by atoms with van der Waals surface area (Å²) in [5, 5.41) is 26.4. The van der Waals surface area contributed by atoms with Crippen LogP contribution in [0.2, 0.25) is 0 Å². The number of aliphatic imine (C=N–C) groups is 2. The molecule has 3 amide bonds. The second kappa shape index (κ2) is 24.1. The largest absolute Gasteiger partial charge is 0.494 e. The fraction of sp³-hybridized carbons (Fsp3) is 0.439. The Morgan fingerprint density at radius 1 is 0.851 bits per heavy atom. The number of aryl methyl sites for hydroxylation is 3. The quantitative estimate of drug-likeness (QED) is 0.0567. The highest BCUT2D eigenvalue weighted by atomic mass is 32.1. The lowest BCUT2D eigenvalue weighted by Crippen LogP contribution is -2.57. The molecule has 0 radical (unpaired) electrons. The third-order valence-corrected chi connectivity index (χ3v) is 14.8. The topological polar surface area (TPSA) is 199 Å². The van der Waals surface area contributed by atoms with E-state index in [0.717, 1.165) is 56.5 Å². The number of aliphatic hydroxyl groups is 1. The maximum Gasteiger partial charge on any atom is 0.246 e. The van der Waals surface area contributed by atoms with Crippen molar-refractivity contribution in [2.75, 3.05) is 44.9 Å². The Morgan fingerprint density at radius 2 is 1.57 bits per heavy atom. The zero-order chi connectivity index (χ0) is 52.5. The lowest BCUT2D eigenvalue weighted by atomic mass is 9.85. The first kappa shape index (κ1) is 53.6. The summed E-state index contributed by atoms with van der Waals surface area (Å²) in [6.45, 7) is 15.1. The van der Waals surface area contributed by atoms with Crippen LogP contribution in [0.5, 0.6) is 5.75 Å². The lowest BCUT2D eigenvalue weighted by molar-refractivity contribution is -0.144. The third-order valence-electron chi connectivity index (χ3n) is 13.6. The third kappa shape index (κ3) is 13.0. The number of nitrogens with one attached hydrogen (secondary N) is 2. The van der Waals surface area contributed by atoms with Crippen LogP contribution < -0.4 is 15.4 Å². The van der Waals surface area contributed by atoms with Crippen molar-refractivity contribution in [2.24, 2.45) is 15.4 Å². The molecular formula is C57H68N8O8S. The number of carbonyl (C=O) groups excluding carboxylic acids is 4. The van der Waals surface area contributed by atoms with E-state index in [1.807, 2.05) is 100.0 Å². The molecule has 74 heavy (non-hydrogen) atoms. The normalized spacial score (nSPS) is 17.6. The van der Waals surface area contributed by atoms with Crippen LogP contribution in [0.1, 0.15) is 117 Å². The number of benzene rings is 3. The molecule has 1 saturated heterocycles. The fourth-order valence-corrected chi connectivity index (χ4v) is 10.8. The number of anilines is 1. The van der Waals surface area contributed by atoms with Crippen LogP contribution in [0.4, 0.5) is 5.69 Å². The van der Waals surface area contributed by atoms with E-state index in [0.29, 0.717) is 56.3 Å². The molecule has 0 saturated carbocycles. The second-order valence-corrected chi connectivity index (χ2v) is 21.5. The molecule has 16 nitrogen and oxygen atoms in total. The van der Waals surface area contributed by atoms with E-state index < -0.39 is 41.5 Å². The summed E-state index contributed by atoms with van der Waals surface area (Å²) in [5.74, 6) is 0.878. The van der Waals surface area contributed by atoms with E-state index in [1.54, 1.807) is 23.5 Å². The molecule has 5 heterocycles. The van der Waals surface area contributed by atoms with Crippen LogP contribution in [-0.2, 0) is 35.1 Å². The number of β-amino-alcohol motifs (C(OH)–C–C–N with tert-alkyl or cyclic N) is 1. The van der Waals surface area contributed by atoms with Crippen LogP contribution in [0.3, 0.4) is 0 Å². The number of hydrogen-bond donors (Lipinski definition) is 3. The van der Waals surface area contributed by atoms with Gasteiger partial charge in [0.1, 0.15) is 35.3 Å². The zero-order valence-electron chi connectivity index (χ0n) is 43.5. The molecule has 3 aliphatic rings. The fourth-order valence-electron chi connectivity index (χ4n) is 9.54. The average Bonchev–Trinajstić information content (AvgIpc) is 4.15. The molecule has 4 atom stereocenters. The molecule has 1 fully saturated rings. The van der Waals surface area contributed by atoms with E-state index in [-0.39, 0.29) is 50.7 Å². The van der Waals surface area contributed by atoms with Gasteiger partial charge in [0, 0.05) is 85.7 Å². The predicted molar refractivity (Wildman–Crippen MR) is 287 cm³/mol. The summed E-state index contributed by atoms with van der Waals surface area (Å²) in [6.07, 6.45) is 4.07. The number of fused-ring (bicyclic) bond motifs is 3. The van der Waals surface area contributed by atoms with E-state index in [1.165, 1.54) is 15.4 Å². The minimum absolute atomic E-state index is 0.0270. The Kier molecular flexibility index (Phi) is 17.5. The minimum Gasteiger partial charge on any atom is -0.494 e. The van der Waals surface area contributed by atoms with Gasteiger partial charge in [-0.05, 0) is 92.5 Å². The van der Waals surface area contributed by atoms with Crippen LogP contribution in [-0.4, -0.2) is 118 Å². The van der Waals surface area contributed by atoms with Crippen molar-refractivity contribution in [3.8, 4) is 10.8 Å². The molecule has 0 aliphatic carbocycles. The molecule has 390 valence electrons. The maximum atomic E-state index is 14.0. The van der Waals surface area contributed by atoms with Gasteiger partial charge in [-0.3, -0.25) is 33.7 Å². The molecule has 3 aliphatic heterocycles. The molecule has 3 N–H and O–H groups in total. The summed E-state index contributed by atoms with van der Waals surface area (Å²) in [4.78, 5) is 66.4. The Hall–Kier alpha value is -6.66. The molecule has 5 aromatic rings. The van der Waals surface area contributed by atoms with Crippen molar-refractivity contribution in [3.05, 3.63) is 129 Å². The van der Waals surface area contributed by atoms with Gasteiger partial charge in [-0.25, -0.2) is 0 Å². The summed E-state index contributed by atoms with van der Waals surface area (Å²) in [5.41, 5.74) is 8.31. The molecule has 2 aromatic heterocycles. The number of ether oxygens (including phenoxy) is 3. The number of Topliss-reactive ketones (excluding diaryl/α,β-unsaturated/α-hetero) is 1. The van der Waals surface area contributed by atoms with Gasteiger partial charge >= 0.3 is 0 Å². The van der Waals surface area contributed by atoms with Gasteiger partial charge in [-0.15, -0.1) is 21.5 Å². The smallest absolute Gasteiger partial charge is 0.246 e. The van der Waals surface area contributed by atoms with Gasteiger partial charge in [0.25, 0.3) is 0 Å². The van der Waals surface area contributed by atoms with E-state index in [9.17, 15) is 24.3 Å². The first-order valence-electron chi connectivity index (χ1n) is 25.5. The highest BCUT2D eigenvalue weighted by Gasteiger charge is 2.44. The number of amides is 3. The Labute approximate surface area is 437 Å². The summed E-state index contributed by atoms with van der Waals surface area (Å²) in [6, 6.07) is 23.2. The minimum atomic E-state index is -0.931. The average molecular weight is 1030 g/mol. The van der Waals surface area contributed by atoms with Gasteiger partial charge in [-0.1, -0.05) is 75.4 Å². The summed E-state index contributed by atoms with van der Waals surface area (Å²) in [7, 11) is 0. The number of allylic oxidation sites excluding steroid dienone is 2. The van der Waals surface area contributed by atoms with Crippen molar-refractivity contribution in [3.63, 3.8) is 0 Å². The SMILES string of the molecule is CC1=C(c2ccc(CCC(=O)[C@@H]3CC(O)CN3C(=O)[C@@H](NC(=O)COCCCOCCCOc3ccc(NC(=O)CC4N=C(c5ccccc5)c5c(sc(C)c5C)-n5c(C)nnc54)cc3)C(C)(C)C)cc2)CC=N1. The first-order chi connectivity index (χ1) is 35.5. The van der Waals surface area contributed by atoms with Crippen molar-refractivity contribution in [2.45, 2.75) is 118 Å². The Morgan fingerprint density at radius 3 is 2.27 bits per heavy atom. The lowest BCUT2D eigenvalue weighted by Gasteiger charge is -2.35. The molecule has 3 aromatic carbocycles. The van der Waals surface area contributed by atoms with Crippen molar-refractivity contribution in [1.29, 1.82) is 0 Å².